The number of piperidine rings is 1. The standard InChI is InChI=1S/C17H26F2N4O/c1-2-20-17(21-7-10-24)22-14-5-8-23(9-6-14)12-13-3-4-15(18)16(19)11-13/h3-4,11,14,24H,2,5-10,12H2,1H3,(H2,20,21,22). The maximum atomic E-state index is 13.3. The smallest absolute Gasteiger partial charge is 0.191 e. The lowest BCUT2D eigenvalue weighted by Gasteiger charge is -2.33. The molecule has 0 unspecified atom stereocenters. The largest absolute Gasteiger partial charge is 0.394 e. The molecule has 0 atom stereocenters. The molecule has 0 amide bonds. The van der Waals surface area contributed by atoms with Crippen molar-refractivity contribution < 1.29 is 13.9 Å². The van der Waals surface area contributed by atoms with Crippen molar-refractivity contribution in [1.29, 1.82) is 0 Å². The third kappa shape index (κ3) is 5.72. The summed E-state index contributed by atoms with van der Waals surface area (Å²) in [7, 11) is 0. The Balaban J connectivity index is 1.81. The molecule has 3 N–H and O–H groups in total. The molecule has 5 nitrogen and oxygen atoms in total. The van der Waals surface area contributed by atoms with E-state index < -0.39 is 11.6 Å². The number of aliphatic imine (C=N–C) groups is 1. The van der Waals surface area contributed by atoms with Crippen molar-refractivity contribution in [1.82, 2.24) is 15.5 Å². The van der Waals surface area contributed by atoms with Gasteiger partial charge in [-0.15, -0.1) is 0 Å². The van der Waals surface area contributed by atoms with Crippen molar-refractivity contribution >= 4 is 5.96 Å². The molecule has 1 heterocycles. The minimum atomic E-state index is -0.806. The third-order valence-corrected chi connectivity index (χ3v) is 4.03. The van der Waals surface area contributed by atoms with Crippen LogP contribution in [-0.2, 0) is 6.54 Å². The van der Waals surface area contributed by atoms with Crippen molar-refractivity contribution in [2.24, 2.45) is 4.99 Å². The molecule has 24 heavy (non-hydrogen) atoms. The zero-order valence-corrected chi connectivity index (χ0v) is 14.1. The van der Waals surface area contributed by atoms with E-state index in [0.29, 0.717) is 19.1 Å². The molecular weight excluding hydrogens is 314 g/mol. The Bertz CT molecular complexity index is 545. The van der Waals surface area contributed by atoms with Crippen LogP contribution < -0.4 is 10.6 Å². The predicted octanol–water partition coefficient (Wildman–Crippen LogP) is 1.48. The van der Waals surface area contributed by atoms with Gasteiger partial charge in [-0.05, 0) is 37.5 Å². The number of halogens is 2. The number of nitrogens with zero attached hydrogens (tertiary/aromatic N) is 2. The highest BCUT2D eigenvalue weighted by molar-refractivity contribution is 5.80. The van der Waals surface area contributed by atoms with Gasteiger partial charge in [0.1, 0.15) is 0 Å². The number of benzene rings is 1. The van der Waals surface area contributed by atoms with Crippen LogP contribution >= 0.6 is 0 Å². The monoisotopic (exact) mass is 340 g/mol. The fraction of sp³-hybridized carbons (Fsp3) is 0.588. The molecule has 7 heteroatoms. The highest BCUT2D eigenvalue weighted by atomic mass is 19.2. The van der Waals surface area contributed by atoms with E-state index in [-0.39, 0.29) is 6.61 Å². The Morgan fingerprint density at radius 2 is 2.04 bits per heavy atom. The second-order valence-electron chi connectivity index (χ2n) is 5.93. The summed E-state index contributed by atoms with van der Waals surface area (Å²) in [6, 6.07) is 4.40. The normalized spacial score (nSPS) is 17.1. The van der Waals surface area contributed by atoms with E-state index in [9.17, 15) is 8.78 Å². The first kappa shape index (κ1) is 18.6. The zero-order valence-electron chi connectivity index (χ0n) is 14.1. The van der Waals surface area contributed by atoms with Gasteiger partial charge in [-0.3, -0.25) is 9.89 Å². The van der Waals surface area contributed by atoms with E-state index in [1.807, 2.05) is 6.92 Å². The van der Waals surface area contributed by atoms with E-state index in [1.54, 1.807) is 6.07 Å². The first-order valence-electron chi connectivity index (χ1n) is 8.44. The lowest BCUT2D eigenvalue weighted by molar-refractivity contribution is 0.198. The summed E-state index contributed by atoms with van der Waals surface area (Å²) in [6.07, 6.45) is 1.90. The SMILES string of the molecule is CCNC(=NCCO)NC1CCN(Cc2ccc(F)c(F)c2)CC1. The summed E-state index contributed by atoms with van der Waals surface area (Å²) in [5, 5.41) is 15.4. The minimum absolute atomic E-state index is 0.0310. The summed E-state index contributed by atoms with van der Waals surface area (Å²) >= 11 is 0. The maximum Gasteiger partial charge on any atom is 0.191 e. The molecule has 134 valence electrons. The number of nitrogens with one attached hydrogen (secondary N) is 2. The van der Waals surface area contributed by atoms with Gasteiger partial charge >= 0.3 is 0 Å². The first-order valence-corrected chi connectivity index (χ1v) is 8.44. The van der Waals surface area contributed by atoms with Crippen LogP contribution in [0.2, 0.25) is 0 Å². The van der Waals surface area contributed by atoms with Gasteiger partial charge in [0.15, 0.2) is 17.6 Å². The number of hydrogen-bond acceptors (Lipinski definition) is 3. The van der Waals surface area contributed by atoms with Gasteiger partial charge in [0.25, 0.3) is 0 Å². The van der Waals surface area contributed by atoms with Gasteiger partial charge in [-0.1, -0.05) is 6.07 Å². The Morgan fingerprint density at radius 1 is 1.29 bits per heavy atom. The highest BCUT2D eigenvalue weighted by Gasteiger charge is 2.20. The minimum Gasteiger partial charge on any atom is -0.394 e. The van der Waals surface area contributed by atoms with Crippen molar-refractivity contribution in [2.75, 3.05) is 32.8 Å². The molecule has 0 bridgehead atoms. The molecule has 0 radical (unpaired) electrons. The van der Waals surface area contributed by atoms with E-state index >= 15 is 0 Å². The molecule has 0 spiro atoms. The number of hydrogen-bond donors (Lipinski definition) is 3. The van der Waals surface area contributed by atoms with Crippen molar-refractivity contribution in [2.45, 2.75) is 32.4 Å². The molecule has 1 aromatic carbocycles. The van der Waals surface area contributed by atoms with E-state index in [2.05, 4.69) is 20.5 Å². The van der Waals surface area contributed by atoms with Crippen LogP contribution in [0.5, 0.6) is 0 Å². The van der Waals surface area contributed by atoms with Crippen LogP contribution in [0.15, 0.2) is 23.2 Å². The average molecular weight is 340 g/mol. The van der Waals surface area contributed by atoms with Gasteiger partial charge in [0.05, 0.1) is 13.2 Å². The molecule has 1 saturated heterocycles. The summed E-state index contributed by atoms with van der Waals surface area (Å²) in [4.78, 5) is 6.52. The third-order valence-electron chi connectivity index (χ3n) is 4.03. The number of rotatable bonds is 6. The van der Waals surface area contributed by atoms with Gasteiger partial charge in [-0.2, -0.15) is 0 Å². The molecule has 2 rings (SSSR count). The van der Waals surface area contributed by atoms with E-state index in [1.165, 1.54) is 12.1 Å². The van der Waals surface area contributed by atoms with Crippen molar-refractivity contribution in [3.8, 4) is 0 Å². The summed E-state index contributed by atoms with van der Waals surface area (Å²) in [5.74, 6) is -0.871. The summed E-state index contributed by atoms with van der Waals surface area (Å²) in [6.45, 7) is 5.58. The van der Waals surface area contributed by atoms with Crippen LogP contribution in [-0.4, -0.2) is 54.8 Å². The molecule has 0 aliphatic carbocycles. The molecule has 1 aromatic rings. The highest BCUT2D eigenvalue weighted by Crippen LogP contribution is 2.15. The van der Waals surface area contributed by atoms with E-state index in [4.69, 9.17) is 5.11 Å². The van der Waals surface area contributed by atoms with Crippen molar-refractivity contribution in [3.63, 3.8) is 0 Å². The number of aliphatic hydroxyl groups is 1. The lowest BCUT2D eigenvalue weighted by Crippen LogP contribution is -2.48. The van der Waals surface area contributed by atoms with Crippen LogP contribution in [0.4, 0.5) is 8.78 Å². The fourth-order valence-corrected chi connectivity index (χ4v) is 2.81. The molecular formula is C17H26F2N4O. The van der Waals surface area contributed by atoms with Crippen LogP contribution in [0, 0.1) is 11.6 Å². The first-order chi connectivity index (χ1) is 11.6. The predicted molar refractivity (Wildman–Crippen MR) is 90.9 cm³/mol. The quantitative estimate of drug-likeness (QED) is 0.542. The second kappa shape index (κ2) is 9.54. The van der Waals surface area contributed by atoms with Gasteiger partial charge in [-0.25, -0.2) is 8.78 Å². The van der Waals surface area contributed by atoms with E-state index in [0.717, 1.165) is 44.0 Å². The average Bonchev–Trinajstić information content (AvgIpc) is 2.58. The number of likely N-dealkylation sites (tertiary alicyclic amines) is 1. The van der Waals surface area contributed by atoms with Gasteiger partial charge < -0.3 is 15.7 Å². The molecule has 1 aliphatic rings. The van der Waals surface area contributed by atoms with Crippen LogP contribution in [0.25, 0.3) is 0 Å². The Kier molecular flexibility index (Phi) is 7.39. The second-order valence-corrected chi connectivity index (χ2v) is 5.93. The van der Waals surface area contributed by atoms with Crippen molar-refractivity contribution in [3.05, 3.63) is 35.4 Å². The fourth-order valence-electron chi connectivity index (χ4n) is 2.81. The Morgan fingerprint density at radius 3 is 2.67 bits per heavy atom. The number of guanidine groups is 1. The molecule has 1 aliphatic heterocycles. The summed E-state index contributed by atoms with van der Waals surface area (Å²) in [5.41, 5.74) is 0.790. The molecule has 0 saturated carbocycles. The van der Waals surface area contributed by atoms with Crippen LogP contribution in [0.3, 0.4) is 0 Å². The van der Waals surface area contributed by atoms with Gasteiger partial charge in [0.2, 0.25) is 0 Å². The topological polar surface area (TPSA) is 59.9 Å². The zero-order chi connectivity index (χ0) is 17.4. The molecule has 1 fully saturated rings. The van der Waals surface area contributed by atoms with Crippen LogP contribution in [0.1, 0.15) is 25.3 Å². The lowest BCUT2D eigenvalue weighted by atomic mass is 10.0. The Hall–Kier alpha value is -1.73. The molecule has 0 aromatic heterocycles. The Labute approximate surface area is 141 Å². The van der Waals surface area contributed by atoms with Gasteiger partial charge in [0, 0.05) is 32.2 Å². The maximum absolute atomic E-state index is 13.3. The summed E-state index contributed by atoms with van der Waals surface area (Å²) < 4.78 is 26.2. The number of aliphatic hydroxyl groups excluding tert-OH is 1.